The van der Waals surface area contributed by atoms with Crippen LogP contribution >= 0.6 is 15.9 Å². The van der Waals surface area contributed by atoms with Crippen molar-refractivity contribution in [3.8, 4) is 0 Å². The summed E-state index contributed by atoms with van der Waals surface area (Å²) in [5.74, 6) is 0. The molecular weight excluding hydrogens is 236 g/mol. The highest BCUT2D eigenvalue weighted by molar-refractivity contribution is 9.10. The molecule has 13 heavy (non-hydrogen) atoms. The van der Waals surface area contributed by atoms with E-state index in [-0.39, 0.29) is 6.61 Å². The topological polar surface area (TPSA) is 47.3 Å². The molecule has 0 aliphatic rings. The van der Waals surface area contributed by atoms with Crippen LogP contribution in [0.15, 0.2) is 10.7 Å². The number of nitrogens with zero attached hydrogens (tertiary/aromatic N) is 2. The van der Waals surface area contributed by atoms with Gasteiger partial charge >= 0.3 is 0 Å². The Morgan fingerprint density at radius 3 is 3.08 bits per heavy atom. The first-order valence-electron chi connectivity index (χ1n) is 4.18. The van der Waals surface area contributed by atoms with E-state index in [1.54, 1.807) is 10.9 Å². The lowest BCUT2D eigenvalue weighted by Crippen LogP contribution is -2.08. The van der Waals surface area contributed by atoms with E-state index >= 15 is 0 Å². The van der Waals surface area contributed by atoms with Crippen LogP contribution in [-0.2, 0) is 18.1 Å². The van der Waals surface area contributed by atoms with Crippen molar-refractivity contribution < 1.29 is 9.84 Å². The molecule has 1 aromatic heterocycles. The summed E-state index contributed by atoms with van der Waals surface area (Å²) in [7, 11) is 0. The molecule has 0 radical (unpaired) electrons. The fraction of sp³-hybridized carbons (Fsp3) is 0.625. The van der Waals surface area contributed by atoms with Gasteiger partial charge in [-0.15, -0.1) is 0 Å². The van der Waals surface area contributed by atoms with Crippen molar-refractivity contribution in [1.82, 2.24) is 9.78 Å². The normalized spacial score (nSPS) is 10.7. The minimum atomic E-state index is -0.0317. The smallest absolute Gasteiger partial charge is 0.139 e. The van der Waals surface area contributed by atoms with Gasteiger partial charge in [0.25, 0.3) is 0 Å². The molecule has 0 spiro atoms. The van der Waals surface area contributed by atoms with Crippen LogP contribution in [0.5, 0.6) is 0 Å². The summed E-state index contributed by atoms with van der Waals surface area (Å²) in [5, 5.41) is 13.0. The summed E-state index contributed by atoms with van der Waals surface area (Å²) < 4.78 is 7.75. The number of aromatic nitrogens is 2. The van der Waals surface area contributed by atoms with Gasteiger partial charge in [0.1, 0.15) is 6.73 Å². The molecule has 1 aromatic rings. The summed E-state index contributed by atoms with van der Waals surface area (Å²) in [5.41, 5.74) is 0.746. The molecule has 0 saturated carbocycles. The van der Waals surface area contributed by atoms with Crippen molar-refractivity contribution in [2.45, 2.75) is 26.7 Å². The molecule has 1 N–H and O–H groups in total. The minimum absolute atomic E-state index is 0.0317. The van der Waals surface area contributed by atoms with Crippen LogP contribution < -0.4 is 0 Å². The van der Waals surface area contributed by atoms with Crippen LogP contribution in [0.1, 0.15) is 19.0 Å². The monoisotopic (exact) mass is 248 g/mol. The van der Waals surface area contributed by atoms with Gasteiger partial charge in [0, 0.05) is 6.61 Å². The maximum atomic E-state index is 9.00. The van der Waals surface area contributed by atoms with Crippen LogP contribution in [0.25, 0.3) is 0 Å². The van der Waals surface area contributed by atoms with Crippen LogP contribution in [0.3, 0.4) is 0 Å². The first kappa shape index (κ1) is 10.7. The molecule has 0 aliphatic heterocycles. The number of halogens is 1. The van der Waals surface area contributed by atoms with Crippen molar-refractivity contribution in [2.75, 3.05) is 6.61 Å². The standard InChI is InChI=1S/C8H13BrN2O2/c1-2-3-13-6-11-8(5-12)7(9)4-10-11/h4,12H,2-3,5-6H2,1H3. The maximum absolute atomic E-state index is 9.00. The summed E-state index contributed by atoms with van der Waals surface area (Å²) in [6.07, 6.45) is 2.64. The van der Waals surface area contributed by atoms with E-state index in [1.807, 2.05) is 6.92 Å². The van der Waals surface area contributed by atoms with Gasteiger partial charge < -0.3 is 9.84 Å². The second-order valence-corrected chi connectivity index (χ2v) is 3.49. The van der Waals surface area contributed by atoms with Crippen molar-refractivity contribution in [2.24, 2.45) is 0 Å². The van der Waals surface area contributed by atoms with Gasteiger partial charge in [0.15, 0.2) is 0 Å². The first-order chi connectivity index (χ1) is 6.29. The Bertz CT molecular complexity index is 263. The highest BCUT2D eigenvalue weighted by atomic mass is 79.9. The molecule has 0 atom stereocenters. The van der Waals surface area contributed by atoms with Crippen molar-refractivity contribution in [3.63, 3.8) is 0 Å². The quantitative estimate of drug-likeness (QED) is 0.805. The Balaban J connectivity index is 2.55. The molecular formula is C8H13BrN2O2. The lowest BCUT2D eigenvalue weighted by atomic mass is 10.5. The third kappa shape index (κ3) is 2.79. The van der Waals surface area contributed by atoms with Gasteiger partial charge in [-0.3, -0.25) is 0 Å². The van der Waals surface area contributed by atoms with Gasteiger partial charge in [-0.25, -0.2) is 4.68 Å². The van der Waals surface area contributed by atoms with Gasteiger partial charge in [0.2, 0.25) is 0 Å². The molecule has 0 unspecified atom stereocenters. The second-order valence-electron chi connectivity index (χ2n) is 2.63. The molecule has 4 nitrogen and oxygen atoms in total. The number of aliphatic hydroxyl groups is 1. The zero-order chi connectivity index (χ0) is 9.68. The molecule has 5 heteroatoms. The van der Waals surface area contributed by atoms with E-state index in [9.17, 15) is 0 Å². The highest BCUT2D eigenvalue weighted by Gasteiger charge is 2.06. The molecule has 1 rings (SSSR count). The van der Waals surface area contributed by atoms with E-state index in [2.05, 4.69) is 21.0 Å². The van der Waals surface area contributed by atoms with Gasteiger partial charge in [-0.2, -0.15) is 5.10 Å². The van der Waals surface area contributed by atoms with Gasteiger partial charge in [-0.05, 0) is 22.4 Å². The number of ether oxygens (including phenoxy) is 1. The van der Waals surface area contributed by atoms with Crippen LogP contribution in [0.2, 0.25) is 0 Å². The number of aliphatic hydroxyl groups excluding tert-OH is 1. The fourth-order valence-corrected chi connectivity index (χ4v) is 1.37. The molecule has 0 aromatic carbocycles. The molecule has 1 heterocycles. The lowest BCUT2D eigenvalue weighted by molar-refractivity contribution is 0.0643. The van der Waals surface area contributed by atoms with Gasteiger partial charge in [-0.1, -0.05) is 6.92 Å². The Kier molecular flexibility index (Phi) is 4.41. The lowest BCUT2D eigenvalue weighted by Gasteiger charge is -2.05. The van der Waals surface area contributed by atoms with E-state index < -0.39 is 0 Å². The number of hydrogen-bond donors (Lipinski definition) is 1. The summed E-state index contributed by atoms with van der Waals surface area (Å²) >= 11 is 3.29. The number of rotatable bonds is 5. The Morgan fingerprint density at radius 1 is 1.69 bits per heavy atom. The molecule has 0 bridgehead atoms. The van der Waals surface area contributed by atoms with Crippen molar-refractivity contribution >= 4 is 15.9 Å². The Morgan fingerprint density at radius 2 is 2.46 bits per heavy atom. The third-order valence-electron chi connectivity index (χ3n) is 1.61. The van der Waals surface area contributed by atoms with Crippen LogP contribution in [-0.4, -0.2) is 21.5 Å². The Hall–Kier alpha value is -0.390. The molecule has 74 valence electrons. The Labute approximate surface area is 85.6 Å². The zero-order valence-electron chi connectivity index (χ0n) is 7.53. The predicted octanol–water partition coefficient (Wildman–Crippen LogP) is 1.52. The summed E-state index contributed by atoms with van der Waals surface area (Å²) in [6.45, 7) is 3.12. The average molecular weight is 249 g/mol. The first-order valence-corrected chi connectivity index (χ1v) is 4.97. The molecule has 0 fully saturated rings. The third-order valence-corrected chi connectivity index (χ3v) is 2.27. The number of hydrogen-bond acceptors (Lipinski definition) is 3. The van der Waals surface area contributed by atoms with Crippen LogP contribution in [0.4, 0.5) is 0 Å². The predicted molar refractivity (Wildman–Crippen MR) is 52.1 cm³/mol. The van der Waals surface area contributed by atoms with E-state index in [0.29, 0.717) is 13.3 Å². The van der Waals surface area contributed by atoms with E-state index in [1.165, 1.54) is 0 Å². The van der Waals surface area contributed by atoms with Gasteiger partial charge in [0.05, 0.1) is 23.0 Å². The van der Waals surface area contributed by atoms with Crippen molar-refractivity contribution in [1.29, 1.82) is 0 Å². The average Bonchev–Trinajstić information content (AvgIpc) is 2.47. The van der Waals surface area contributed by atoms with E-state index in [4.69, 9.17) is 9.84 Å². The van der Waals surface area contributed by atoms with E-state index in [0.717, 1.165) is 16.6 Å². The highest BCUT2D eigenvalue weighted by Crippen LogP contribution is 2.15. The van der Waals surface area contributed by atoms with Crippen molar-refractivity contribution in [3.05, 3.63) is 16.4 Å². The summed E-state index contributed by atoms with van der Waals surface area (Å²) in [4.78, 5) is 0. The largest absolute Gasteiger partial charge is 0.390 e. The summed E-state index contributed by atoms with van der Waals surface area (Å²) in [6, 6.07) is 0. The molecule has 0 amide bonds. The zero-order valence-corrected chi connectivity index (χ0v) is 9.12. The minimum Gasteiger partial charge on any atom is -0.390 e. The van der Waals surface area contributed by atoms with Crippen LogP contribution in [0, 0.1) is 0 Å². The SMILES string of the molecule is CCCOCn1ncc(Br)c1CO. The molecule has 0 aliphatic carbocycles. The fourth-order valence-electron chi connectivity index (χ4n) is 0.952. The molecule has 0 saturated heterocycles. The maximum Gasteiger partial charge on any atom is 0.139 e. The second kappa shape index (κ2) is 5.36.